The first-order valence-corrected chi connectivity index (χ1v) is 12.9. The van der Waals surface area contributed by atoms with Crippen LogP contribution in [0.1, 0.15) is 5.56 Å². The monoisotopic (exact) mass is 521 g/mol. The van der Waals surface area contributed by atoms with Crippen molar-refractivity contribution in [3.63, 3.8) is 0 Å². The third kappa shape index (κ3) is 4.84. The highest BCUT2D eigenvalue weighted by atomic mass is 19.1. The van der Waals surface area contributed by atoms with Crippen LogP contribution in [0.25, 0.3) is 27.8 Å². The van der Waals surface area contributed by atoms with Crippen LogP contribution in [0.3, 0.4) is 0 Å². The van der Waals surface area contributed by atoms with E-state index in [1.807, 2.05) is 43.3 Å². The Morgan fingerprint density at radius 2 is 1.62 bits per heavy atom. The maximum atomic E-state index is 15.0. The number of para-hydroxylation sites is 1. The molecule has 8 nitrogen and oxygen atoms in total. The van der Waals surface area contributed by atoms with Crippen LogP contribution in [0.15, 0.2) is 83.8 Å². The average molecular weight is 522 g/mol. The van der Waals surface area contributed by atoms with Gasteiger partial charge in [0.1, 0.15) is 17.0 Å². The van der Waals surface area contributed by atoms with Gasteiger partial charge in [-0.2, -0.15) is 9.78 Å². The van der Waals surface area contributed by atoms with Crippen molar-refractivity contribution in [2.24, 2.45) is 0 Å². The van der Waals surface area contributed by atoms with Crippen LogP contribution in [0.4, 0.5) is 21.7 Å². The lowest BCUT2D eigenvalue weighted by Gasteiger charge is -2.34. The highest BCUT2D eigenvalue weighted by Crippen LogP contribution is 2.28. The summed E-state index contributed by atoms with van der Waals surface area (Å²) in [6, 6.07) is 21.9. The van der Waals surface area contributed by atoms with Crippen LogP contribution in [-0.4, -0.2) is 57.9 Å². The molecule has 39 heavy (non-hydrogen) atoms. The molecule has 0 saturated carbocycles. The van der Waals surface area contributed by atoms with Gasteiger partial charge in [-0.3, -0.25) is 4.79 Å². The molecule has 196 valence electrons. The predicted molar refractivity (Wildman–Crippen MR) is 152 cm³/mol. The summed E-state index contributed by atoms with van der Waals surface area (Å²) >= 11 is 0. The summed E-state index contributed by atoms with van der Waals surface area (Å²) < 4.78 is 16.3. The normalized spacial score (nSPS) is 14.1. The van der Waals surface area contributed by atoms with E-state index < -0.39 is 5.82 Å². The minimum absolute atomic E-state index is 0.252. The van der Waals surface area contributed by atoms with E-state index in [1.165, 1.54) is 16.9 Å². The molecule has 9 heteroatoms. The van der Waals surface area contributed by atoms with Gasteiger partial charge < -0.3 is 15.1 Å². The molecule has 6 rings (SSSR count). The molecule has 2 aromatic heterocycles. The second-order valence-corrected chi connectivity index (χ2v) is 9.75. The molecule has 1 fully saturated rings. The summed E-state index contributed by atoms with van der Waals surface area (Å²) in [5.74, 6) is -0.156. The Labute approximate surface area is 225 Å². The highest BCUT2D eigenvalue weighted by molar-refractivity contribution is 5.91. The molecule has 0 atom stereocenters. The highest BCUT2D eigenvalue weighted by Gasteiger charge is 2.19. The van der Waals surface area contributed by atoms with Gasteiger partial charge in [0.25, 0.3) is 5.56 Å². The van der Waals surface area contributed by atoms with Crippen LogP contribution in [-0.2, 0) is 0 Å². The van der Waals surface area contributed by atoms with E-state index in [9.17, 15) is 9.18 Å². The SMILES string of the molecule is Cc1ccccc1-n1nc(-c2ccccc2F)c2nc(Nc3ccc(N4CCN(C)CC4)cc3)ncc2c1=O. The van der Waals surface area contributed by atoms with Crippen molar-refractivity contribution in [3.05, 3.63) is 101 Å². The topological polar surface area (TPSA) is 79.2 Å². The summed E-state index contributed by atoms with van der Waals surface area (Å²) in [5, 5.41) is 8.09. The van der Waals surface area contributed by atoms with Crippen LogP contribution < -0.4 is 15.8 Å². The first-order chi connectivity index (χ1) is 19.0. The quantitative estimate of drug-likeness (QED) is 0.356. The fourth-order valence-electron chi connectivity index (χ4n) is 4.83. The summed E-state index contributed by atoms with van der Waals surface area (Å²) in [6.07, 6.45) is 1.48. The molecule has 1 aliphatic rings. The molecule has 1 N–H and O–H groups in total. The zero-order valence-corrected chi connectivity index (χ0v) is 21.8. The fraction of sp³-hybridized carbons (Fsp3) is 0.200. The molecule has 0 bridgehead atoms. The number of hydrogen-bond acceptors (Lipinski definition) is 7. The number of piperazine rings is 1. The van der Waals surface area contributed by atoms with Crippen molar-refractivity contribution in [1.29, 1.82) is 0 Å². The second kappa shape index (κ2) is 10.3. The standard InChI is InChI=1S/C30H28FN7O/c1-20-7-3-6-10-26(20)38-29(39)24-19-32-30(34-27(24)28(35-38)23-8-4-5-9-25(23)31)33-21-11-13-22(14-12-21)37-17-15-36(2)16-18-37/h3-14,19H,15-18H2,1-2H3,(H,32,33,34). The van der Waals surface area contributed by atoms with E-state index in [0.29, 0.717) is 11.6 Å². The van der Waals surface area contributed by atoms with E-state index in [0.717, 1.165) is 43.1 Å². The number of nitrogens with zero attached hydrogens (tertiary/aromatic N) is 6. The van der Waals surface area contributed by atoms with Crippen LogP contribution in [0.2, 0.25) is 0 Å². The van der Waals surface area contributed by atoms with Gasteiger partial charge in [0.2, 0.25) is 5.95 Å². The average Bonchev–Trinajstić information content (AvgIpc) is 2.95. The third-order valence-electron chi connectivity index (χ3n) is 7.10. The molecule has 3 heterocycles. The zero-order valence-electron chi connectivity index (χ0n) is 21.8. The third-order valence-corrected chi connectivity index (χ3v) is 7.10. The van der Waals surface area contributed by atoms with Crippen molar-refractivity contribution in [2.45, 2.75) is 6.92 Å². The molecule has 3 aromatic carbocycles. The van der Waals surface area contributed by atoms with Gasteiger partial charge in [-0.15, -0.1) is 0 Å². The number of aryl methyl sites for hydroxylation is 1. The smallest absolute Gasteiger partial charge is 0.282 e. The molecule has 5 aromatic rings. The predicted octanol–water partition coefficient (Wildman–Crippen LogP) is 4.79. The largest absolute Gasteiger partial charge is 0.369 e. The molecule has 1 saturated heterocycles. The molecule has 0 unspecified atom stereocenters. The number of rotatable bonds is 5. The Morgan fingerprint density at radius 3 is 2.36 bits per heavy atom. The molecule has 0 spiro atoms. The van der Waals surface area contributed by atoms with E-state index in [4.69, 9.17) is 0 Å². The van der Waals surface area contributed by atoms with Gasteiger partial charge in [0.15, 0.2) is 0 Å². The maximum absolute atomic E-state index is 15.0. The van der Waals surface area contributed by atoms with E-state index in [-0.39, 0.29) is 27.7 Å². The Hall–Kier alpha value is -4.63. The summed E-state index contributed by atoms with van der Waals surface area (Å²) in [5.41, 5.74) is 3.88. The Balaban J connectivity index is 1.40. The second-order valence-electron chi connectivity index (χ2n) is 9.75. The number of anilines is 3. The molecular formula is C30H28FN7O. The van der Waals surface area contributed by atoms with Crippen molar-refractivity contribution in [3.8, 4) is 16.9 Å². The maximum Gasteiger partial charge on any atom is 0.282 e. The number of benzene rings is 3. The first-order valence-electron chi connectivity index (χ1n) is 12.9. The Kier molecular flexibility index (Phi) is 6.50. The van der Waals surface area contributed by atoms with Gasteiger partial charge in [-0.05, 0) is 62.0 Å². The number of aromatic nitrogens is 4. The molecule has 0 radical (unpaired) electrons. The van der Waals surface area contributed by atoms with Crippen LogP contribution in [0, 0.1) is 12.7 Å². The van der Waals surface area contributed by atoms with Crippen molar-refractivity contribution >= 4 is 28.2 Å². The Bertz CT molecular complexity index is 1710. The van der Waals surface area contributed by atoms with Gasteiger partial charge in [0, 0.05) is 49.3 Å². The summed E-state index contributed by atoms with van der Waals surface area (Å²) in [4.78, 5) is 27.3. The van der Waals surface area contributed by atoms with Gasteiger partial charge in [-0.25, -0.2) is 14.4 Å². The van der Waals surface area contributed by atoms with E-state index >= 15 is 0 Å². The Morgan fingerprint density at radius 1 is 0.897 bits per heavy atom. The fourth-order valence-corrected chi connectivity index (χ4v) is 4.83. The van der Waals surface area contributed by atoms with E-state index in [1.54, 1.807) is 18.2 Å². The lowest BCUT2D eigenvalue weighted by atomic mass is 10.1. The zero-order chi connectivity index (χ0) is 26.9. The summed E-state index contributed by atoms with van der Waals surface area (Å²) in [6.45, 7) is 5.95. The number of hydrogen-bond donors (Lipinski definition) is 1. The number of nitrogens with one attached hydrogen (secondary N) is 1. The minimum atomic E-state index is -0.450. The van der Waals surface area contributed by atoms with Gasteiger partial charge >= 0.3 is 0 Å². The lowest BCUT2D eigenvalue weighted by Crippen LogP contribution is -2.44. The van der Waals surface area contributed by atoms with Gasteiger partial charge in [0.05, 0.1) is 11.1 Å². The minimum Gasteiger partial charge on any atom is -0.369 e. The summed E-state index contributed by atoms with van der Waals surface area (Å²) in [7, 11) is 2.14. The molecular weight excluding hydrogens is 493 g/mol. The van der Waals surface area contributed by atoms with Gasteiger partial charge in [-0.1, -0.05) is 30.3 Å². The molecule has 0 amide bonds. The van der Waals surface area contributed by atoms with Crippen LogP contribution in [0.5, 0.6) is 0 Å². The molecule has 1 aliphatic heterocycles. The number of likely N-dealkylation sites (N-methyl/N-ethyl adjacent to an activating group) is 1. The number of fused-ring (bicyclic) bond motifs is 1. The van der Waals surface area contributed by atoms with E-state index in [2.05, 4.69) is 49.4 Å². The van der Waals surface area contributed by atoms with Crippen molar-refractivity contribution < 1.29 is 4.39 Å². The molecule has 0 aliphatic carbocycles. The van der Waals surface area contributed by atoms with Crippen molar-refractivity contribution in [2.75, 3.05) is 43.4 Å². The van der Waals surface area contributed by atoms with Crippen LogP contribution >= 0.6 is 0 Å². The first kappa shape index (κ1) is 24.7. The number of halogens is 1. The lowest BCUT2D eigenvalue weighted by molar-refractivity contribution is 0.313. The van der Waals surface area contributed by atoms with Crippen molar-refractivity contribution in [1.82, 2.24) is 24.6 Å².